The summed E-state index contributed by atoms with van der Waals surface area (Å²) >= 11 is 5.86. The molecule has 2 rings (SSSR count). The molecule has 0 bridgehead atoms. The van der Waals surface area contributed by atoms with Crippen LogP contribution in [-0.2, 0) is 0 Å². The molecule has 0 radical (unpaired) electrons. The molecule has 0 fully saturated rings. The van der Waals surface area contributed by atoms with E-state index in [0.717, 1.165) is 10.2 Å². The molecule has 4 heteroatoms. The van der Waals surface area contributed by atoms with E-state index < -0.39 is 0 Å². The molecule has 2 nitrogen and oxygen atoms in total. The van der Waals surface area contributed by atoms with E-state index in [1.165, 1.54) is 20.4 Å². The zero-order valence-electron chi connectivity index (χ0n) is 11.7. The number of rotatable bonds is 4. The summed E-state index contributed by atoms with van der Waals surface area (Å²) in [6, 6.07) is 12.8. The largest absolute Gasteiger partial charge is 0.496 e. The Hall–Kier alpha value is -0.750. The smallest absolute Gasteiger partial charge is 0.133 e. The minimum absolute atomic E-state index is 0.232. The van der Waals surface area contributed by atoms with Crippen molar-refractivity contribution in [1.82, 2.24) is 0 Å². The number of hydrogen-bond acceptors (Lipinski definition) is 2. The van der Waals surface area contributed by atoms with Gasteiger partial charge in [0.25, 0.3) is 0 Å². The molecule has 0 saturated heterocycles. The summed E-state index contributed by atoms with van der Waals surface area (Å²) in [5.41, 5.74) is 3.65. The van der Waals surface area contributed by atoms with E-state index in [-0.39, 0.29) is 6.04 Å². The second-order valence-corrected chi connectivity index (χ2v) is 6.82. The zero-order chi connectivity index (χ0) is 14.7. The summed E-state index contributed by atoms with van der Waals surface area (Å²) in [6.45, 7) is 4.28. The summed E-state index contributed by atoms with van der Waals surface area (Å²) < 4.78 is 7.49. The molecule has 0 aromatic heterocycles. The molecular weight excluding hydrogens is 429 g/mol. The molecule has 1 N–H and O–H groups in total. The van der Waals surface area contributed by atoms with Crippen LogP contribution in [0.5, 0.6) is 5.75 Å². The van der Waals surface area contributed by atoms with E-state index in [4.69, 9.17) is 4.74 Å². The average molecular weight is 446 g/mol. The van der Waals surface area contributed by atoms with E-state index in [9.17, 15) is 0 Å². The molecule has 0 amide bonds. The minimum Gasteiger partial charge on any atom is -0.496 e. The number of hydrogen-bond donors (Lipinski definition) is 1. The number of nitrogens with one attached hydrogen (secondary N) is 1. The number of halogens is 2. The van der Waals surface area contributed by atoms with Gasteiger partial charge in [-0.15, -0.1) is 0 Å². The van der Waals surface area contributed by atoms with Gasteiger partial charge in [-0.25, -0.2) is 0 Å². The van der Waals surface area contributed by atoms with Gasteiger partial charge in [0.05, 0.1) is 11.6 Å². The first kappa shape index (κ1) is 15.6. The van der Waals surface area contributed by atoms with Gasteiger partial charge in [0.1, 0.15) is 5.75 Å². The molecule has 2 aromatic carbocycles. The predicted octanol–water partition coefficient (Wildman–Crippen LogP) is 5.54. The summed E-state index contributed by atoms with van der Waals surface area (Å²) in [5, 5.41) is 3.55. The summed E-state index contributed by atoms with van der Waals surface area (Å²) in [4.78, 5) is 0. The SMILES string of the molecule is COc1ccc(C(C)Nc2ccc(I)cc2C)cc1Br. The van der Waals surface area contributed by atoms with Gasteiger partial charge in [0.2, 0.25) is 0 Å². The third kappa shape index (κ3) is 3.67. The molecule has 1 unspecified atom stereocenters. The van der Waals surface area contributed by atoms with Crippen LogP contribution in [0.4, 0.5) is 5.69 Å². The number of methoxy groups -OCH3 is 1. The molecule has 1 atom stereocenters. The average Bonchev–Trinajstić information content (AvgIpc) is 2.41. The molecule has 2 aromatic rings. The van der Waals surface area contributed by atoms with Gasteiger partial charge in [0.15, 0.2) is 0 Å². The highest BCUT2D eigenvalue weighted by atomic mass is 127. The Labute approximate surface area is 142 Å². The van der Waals surface area contributed by atoms with Crippen LogP contribution in [0.1, 0.15) is 24.1 Å². The molecule has 0 aliphatic heterocycles. The number of benzene rings is 2. The first-order valence-corrected chi connectivity index (χ1v) is 8.24. The van der Waals surface area contributed by atoms with Crippen molar-refractivity contribution in [3.8, 4) is 5.75 Å². The third-order valence-electron chi connectivity index (χ3n) is 3.24. The van der Waals surface area contributed by atoms with Crippen molar-refractivity contribution < 1.29 is 4.74 Å². The minimum atomic E-state index is 0.232. The normalized spacial score (nSPS) is 12.1. The Bertz CT molecular complexity index is 615. The first-order valence-electron chi connectivity index (χ1n) is 6.37. The van der Waals surface area contributed by atoms with Crippen LogP contribution in [0.15, 0.2) is 40.9 Å². The van der Waals surface area contributed by atoms with Crippen LogP contribution in [0.3, 0.4) is 0 Å². The first-order chi connectivity index (χ1) is 9.51. The predicted molar refractivity (Wildman–Crippen MR) is 96.6 cm³/mol. The summed E-state index contributed by atoms with van der Waals surface area (Å²) in [6.07, 6.45) is 0. The monoisotopic (exact) mass is 445 g/mol. The van der Waals surface area contributed by atoms with Gasteiger partial charge in [-0.2, -0.15) is 0 Å². The molecule has 0 saturated carbocycles. The van der Waals surface area contributed by atoms with Crippen molar-refractivity contribution in [2.24, 2.45) is 0 Å². The van der Waals surface area contributed by atoms with Gasteiger partial charge in [-0.05, 0) is 93.8 Å². The van der Waals surface area contributed by atoms with Gasteiger partial charge in [-0.1, -0.05) is 6.07 Å². The number of aryl methyl sites for hydroxylation is 1. The highest BCUT2D eigenvalue weighted by molar-refractivity contribution is 14.1. The van der Waals surface area contributed by atoms with E-state index in [1.54, 1.807) is 7.11 Å². The van der Waals surface area contributed by atoms with Crippen LogP contribution in [0, 0.1) is 10.5 Å². The maximum Gasteiger partial charge on any atom is 0.133 e. The fourth-order valence-corrected chi connectivity index (χ4v) is 3.26. The van der Waals surface area contributed by atoms with Crippen LogP contribution in [0.2, 0.25) is 0 Å². The fraction of sp³-hybridized carbons (Fsp3) is 0.250. The van der Waals surface area contributed by atoms with E-state index in [2.05, 4.69) is 88.0 Å². The Morgan fingerprint density at radius 2 is 1.95 bits per heavy atom. The third-order valence-corrected chi connectivity index (χ3v) is 4.53. The van der Waals surface area contributed by atoms with E-state index >= 15 is 0 Å². The lowest BCUT2D eigenvalue weighted by atomic mass is 10.1. The van der Waals surface area contributed by atoms with Crippen LogP contribution < -0.4 is 10.1 Å². The standard InChI is InChI=1S/C16H17BrINO/c1-10-8-13(18)5-6-15(10)19-11(2)12-4-7-16(20-3)14(17)9-12/h4-9,11,19H,1-3H3. The maximum atomic E-state index is 5.26. The topological polar surface area (TPSA) is 21.3 Å². The quantitative estimate of drug-likeness (QED) is 0.623. The van der Waals surface area contributed by atoms with E-state index in [0.29, 0.717) is 0 Å². The van der Waals surface area contributed by atoms with Gasteiger partial charge < -0.3 is 10.1 Å². The molecule has 20 heavy (non-hydrogen) atoms. The Balaban J connectivity index is 2.19. The lowest BCUT2D eigenvalue weighted by Gasteiger charge is -2.18. The second kappa shape index (κ2) is 6.80. The molecular formula is C16H17BrINO. The van der Waals surface area contributed by atoms with Crippen molar-refractivity contribution in [2.45, 2.75) is 19.9 Å². The molecule has 0 aliphatic carbocycles. The highest BCUT2D eigenvalue weighted by Crippen LogP contribution is 2.30. The van der Waals surface area contributed by atoms with Gasteiger partial charge in [0, 0.05) is 15.3 Å². The van der Waals surface area contributed by atoms with Crippen molar-refractivity contribution in [3.05, 3.63) is 55.6 Å². The second-order valence-electron chi connectivity index (χ2n) is 4.72. The molecule has 0 spiro atoms. The van der Waals surface area contributed by atoms with Crippen molar-refractivity contribution in [1.29, 1.82) is 0 Å². The highest BCUT2D eigenvalue weighted by Gasteiger charge is 2.09. The zero-order valence-corrected chi connectivity index (χ0v) is 15.4. The van der Waals surface area contributed by atoms with Crippen LogP contribution in [0.25, 0.3) is 0 Å². The lowest BCUT2D eigenvalue weighted by Crippen LogP contribution is -2.08. The maximum absolute atomic E-state index is 5.26. The fourth-order valence-electron chi connectivity index (χ4n) is 2.06. The molecule has 106 valence electrons. The number of anilines is 1. The number of ether oxygens (including phenoxy) is 1. The summed E-state index contributed by atoms with van der Waals surface area (Å²) in [5.74, 6) is 0.853. The molecule has 0 heterocycles. The van der Waals surface area contributed by atoms with Crippen molar-refractivity contribution in [2.75, 3.05) is 12.4 Å². The Kier molecular flexibility index (Phi) is 5.32. The lowest BCUT2D eigenvalue weighted by molar-refractivity contribution is 0.412. The Morgan fingerprint density at radius 3 is 2.55 bits per heavy atom. The van der Waals surface area contributed by atoms with Crippen LogP contribution >= 0.6 is 38.5 Å². The van der Waals surface area contributed by atoms with Crippen molar-refractivity contribution >= 4 is 44.2 Å². The van der Waals surface area contributed by atoms with Crippen LogP contribution in [-0.4, -0.2) is 7.11 Å². The molecule has 0 aliphatic rings. The van der Waals surface area contributed by atoms with Gasteiger partial charge >= 0.3 is 0 Å². The summed E-state index contributed by atoms with van der Waals surface area (Å²) in [7, 11) is 1.68. The van der Waals surface area contributed by atoms with Crippen molar-refractivity contribution in [3.63, 3.8) is 0 Å². The van der Waals surface area contributed by atoms with E-state index in [1.807, 2.05) is 6.07 Å². The van der Waals surface area contributed by atoms with Gasteiger partial charge in [-0.3, -0.25) is 0 Å². The Morgan fingerprint density at radius 1 is 1.20 bits per heavy atom.